The first-order chi connectivity index (χ1) is 13.6. The summed E-state index contributed by atoms with van der Waals surface area (Å²) in [6, 6.07) is 7.44. The number of benzene rings is 1. The number of fused-ring (bicyclic) bond motifs is 1. The number of nitrogens with zero attached hydrogens (tertiary/aromatic N) is 1. The van der Waals surface area contributed by atoms with Crippen LogP contribution < -0.4 is 9.47 Å². The van der Waals surface area contributed by atoms with E-state index in [4.69, 9.17) is 37.4 Å². The molecule has 2 aliphatic rings. The summed E-state index contributed by atoms with van der Waals surface area (Å²) in [5.41, 5.74) is 2.03. The van der Waals surface area contributed by atoms with E-state index in [2.05, 4.69) is 0 Å². The second-order valence-corrected chi connectivity index (χ2v) is 9.14. The summed E-state index contributed by atoms with van der Waals surface area (Å²) >= 11 is 12.0. The molecule has 0 N–H and O–H groups in total. The van der Waals surface area contributed by atoms with Crippen molar-refractivity contribution in [3.05, 3.63) is 41.2 Å². The van der Waals surface area contributed by atoms with Crippen molar-refractivity contribution in [3.63, 3.8) is 0 Å². The fourth-order valence-electron chi connectivity index (χ4n) is 3.60. The maximum atomic E-state index is 12.7. The van der Waals surface area contributed by atoms with Gasteiger partial charge in [-0.25, -0.2) is 0 Å². The molecule has 0 saturated heterocycles. The molecule has 1 fully saturated rings. The highest BCUT2D eigenvalue weighted by Crippen LogP contribution is 2.64. The van der Waals surface area contributed by atoms with Crippen LogP contribution in [0.4, 0.5) is 0 Å². The van der Waals surface area contributed by atoms with E-state index in [0.29, 0.717) is 36.7 Å². The van der Waals surface area contributed by atoms with Gasteiger partial charge in [0.2, 0.25) is 5.78 Å². The number of hydrogen-bond donors (Lipinski definition) is 0. The number of aromatic nitrogens is 1. The van der Waals surface area contributed by atoms with Gasteiger partial charge >= 0.3 is 5.97 Å². The number of alkyl halides is 2. The van der Waals surface area contributed by atoms with Crippen LogP contribution in [0.15, 0.2) is 24.3 Å². The molecule has 6 nitrogen and oxygen atoms in total. The lowest BCUT2D eigenvalue weighted by Gasteiger charge is -2.20. The minimum atomic E-state index is -1.12. The van der Waals surface area contributed by atoms with Gasteiger partial charge in [0, 0.05) is 35.1 Å². The van der Waals surface area contributed by atoms with Gasteiger partial charge in [0.15, 0.2) is 18.1 Å². The van der Waals surface area contributed by atoms with Gasteiger partial charge in [0.05, 0.1) is 0 Å². The summed E-state index contributed by atoms with van der Waals surface area (Å²) < 4.78 is 17.3. The third-order valence-electron chi connectivity index (χ3n) is 5.56. The standard InChI is InChI=1S/C21H21Cl2NO5/c1-12-8-15(16(25)10-29-19(26)20(3)11-21(20,22)23)13(2)24(12)14-4-5-17-18(9-14)28-7-6-27-17/h4-5,8-9H,6-7,10-11H2,1-3H3/t20-/m1/s1. The van der Waals surface area contributed by atoms with E-state index in [1.807, 2.05) is 36.6 Å². The molecular weight excluding hydrogens is 417 g/mol. The highest BCUT2D eigenvalue weighted by Gasteiger charge is 2.69. The molecule has 1 aliphatic carbocycles. The monoisotopic (exact) mass is 437 g/mol. The Bertz CT molecular complexity index is 1010. The number of ketones is 1. The summed E-state index contributed by atoms with van der Waals surface area (Å²) in [5.74, 6) is 0.533. The van der Waals surface area contributed by atoms with Crippen molar-refractivity contribution >= 4 is 35.0 Å². The zero-order valence-corrected chi connectivity index (χ0v) is 17.9. The van der Waals surface area contributed by atoms with Gasteiger partial charge in [-0.05, 0) is 39.0 Å². The molecule has 1 saturated carbocycles. The molecule has 0 spiro atoms. The second-order valence-electron chi connectivity index (χ2n) is 7.66. The topological polar surface area (TPSA) is 66.8 Å². The van der Waals surface area contributed by atoms with Crippen molar-refractivity contribution in [2.45, 2.75) is 31.5 Å². The first kappa shape index (κ1) is 20.1. The largest absolute Gasteiger partial charge is 0.486 e. The van der Waals surface area contributed by atoms with E-state index in [1.54, 1.807) is 13.0 Å². The van der Waals surface area contributed by atoms with Crippen molar-refractivity contribution in [3.8, 4) is 17.2 Å². The highest BCUT2D eigenvalue weighted by molar-refractivity contribution is 6.53. The van der Waals surface area contributed by atoms with Gasteiger partial charge in [-0.15, -0.1) is 23.2 Å². The Kier molecular flexibility index (Phi) is 4.82. The van der Waals surface area contributed by atoms with Gasteiger partial charge < -0.3 is 18.8 Å². The van der Waals surface area contributed by atoms with Gasteiger partial charge in [-0.2, -0.15) is 0 Å². The maximum absolute atomic E-state index is 12.7. The van der Waals surface area contributed by atoms with E-state index in [0.717, 1.165) is 17.1 Å². The smallest absolute Gasteiger partial charge is 0.315 e. The predicted octanol–water partition coefficient (Wildman–Crippen LogP) is 4.18. The van der Waals surface area contributed by atoms with Crippen LogP contribution >= 0.6 is 23.2 Å². The third kappa shape index (κ3) is 3.38. The summed E-state index contributed by atoms with van der Waals surface area (Å²) in [4.78, 5) is 24.9. The molecule has 0 amide bonds. The number of ether oxygens (including phenoxy) is 3. The molecule has 1 aromatic heterocycles. The number of Topliss-reactive ketones (excluding diaryl/α,β-unsaturated/α-hetero) is 1. The van der Waals surface area contributed by atoms with Crippen molar-refractivity contribution in [1.82, 2.24) is 4.57 Å². The fraction of sp³-hybridized carbons (Fsp3) is 0.429. The highest BCUT2D eigenvalue weighted by atomic mass is 35.5. The van der Waals surface area contributed by atoms with Crippen LogP contribution in [0.5, 0.6) is 11.5 Å². The van der Waals surface area contributed by atoms with E-state index < -0.39 is 15.7 Å². The average Bonchev–Trinajstić information content (AvgIpc) is 3.06. The molecule has 0 unspecified atom stereocenters. The summed E-state index contributed by atoms with van der Waals surface area (Å²) in [6.45, 7) is 6.06. The van der Waals surface area contributed by atoms with Crippen LogP contribution in [0.1, 0.15) is 35.1 Å². The lowest BCUT2D eigenvalue weighted by atomic mass is 10.1. The van der Waals surface area contributed by atoms with Gasteiger partial charge in [-0.3, -0.25) is 9.59 Å². The van der Waals surface area contributed by atoms with Gasteiger partial charge in [0.25, 0.3) is 0 Å². The van der Waals surface area contributed by atoms with Gasteiger partial charge in [0.1, 0.15) is 23.0 Å². The van der Waals surface area contributed by atoms with E-state index in [1.165, 1.54) is 0 Å². The molecule has 1 aromatic carbocycles. The Hall–Kier alpha value is -2.18. The first-order valence-corrected chi connectivity index (χ1v) is 10.1. The van der Waals surface area contributed by atoms with Crippen molar-refractivity contribution in [2.75, 3.05) is 19.8 Å². The van der Waals surface area contributed by atoms with Crippen molar-refractivity contribution < 1.29 is 23.8 Å². The minimum Gasteiger partial charge on any atom is -0.486 e. The molecule has 2 aromatic rings. The summed E-state index contributed by atoms with van der Waals surface area (Å²) in [7, 11) is 0. The Morgan fingerprint density at radius 1 is 1.14 bits per heavy atom. The van der Waals surface area contributed by atoms with E-state index in [-0.39, 0.29) is 12.4 Å². The number of hydrogen-bond acceptors (Lipinski definition) is 5. The molecule has 29 heavy (non-hydrogen) atoms. The molecule has 154 valence electrons. The molecule has 4 rings (SSSR count). The molecule has 1 atom stereocenters. The maximum Gasteiger partial charge on any atom is 0.315 e. The van der Waals surface area contributed by atoms with E-state index >= 15 is 0 Å². The van der Waals surface area contributed by atoms with Crippen LogP contribution in [0.2, 0.25) is 0 Å². The quantitative estimate of drug-likeness (QED) is 0.398. The average molecular weight is 438 g/mol. The number of aryl methyl sites for hydroxylation is 1. The number of halogens is 2. The van der Waals surface area contributed by atoms with E-state index in [9.17, 15) is 9.59 Å². The number of carbonyl (C=O) groups excluding carboxylic acids is 2. The lowest BCUT2D eigenvalue weighted by Crippen LogP contribution is -2.24. The Morgan fingerprint density at radius 3 is 2.45 bits per heavy atom. The Balaban J connectivity index is 1.53. The molecule has 1 aliphatic heterocycles. The molecule has 8 heteroatoms. The second kappa shape index (κ2) is 6.96. The van der Waals surface area contributed by atoms with Crippen LogP contribution in [-0.4, -0.2) is 40.5 Å². The third-order valence-corrected chi connectivity index (χ3v) is 6.66. The minimum absolute atomic E-state index is 0.283. The fourth-order valence-corrected chi connectivity index (χ4v) is 4.29. The molecule has 2 heterocycles. The zero-order chi connectivity index (χ0) is 21.0. The summed E-state index contributed by atoms with van der Waals surface area (Å²) in [6.07, 6.45) is 0.314. The number of carbonyl (C=O) groups is 2. The Morgan fingerprint density at radius 2 is 1.79 bits per heavy atom. The predicted molar refractivity (Wildman–Crippen MR) is 109 cm³/mol. The van der Waals surface area contributed by atoms with Gasteiger partial charge in [-0.1, -0.05) is 0 Å². The Labute approximate surface area is 178 Å². The van der Waals surface area contributed by atoms with Crippen molar-refractivity contribution in [2.24, 2.45) is 5.41 Å². The number of rotatable bonds is 5. The molecule has 0 bridgehead atoms. The molecule has 0 radical (unpaired) electrons. The normalized spacial score (nSPS) is 21.6. The van der Waals surface area contributed by atoms with Crippen LogP contribution in [0.3, 0.4) is 0 Å². The zero-order valence-electron chi connectivity index (χ0n) is 16.4. The molecular formula is C21H21Cl2NO5. The SMILES string of the molecule is Cc1cc(C(=O)COC(=O)[C@@]2(C)CC2(Cl)Cl)c(C)n1-c1ccc2c(c1)OCCO2. The summed E-state index contributed by atoms with van der Waals surface area (Å²) in [5, 5.41) is 0. The van der Waals surface area contributed by atoms with Crippen LogP contribution in [0, 0.1) is 19.3 Å². The number of esters is 1. The lowest BCUT2D eigenvalue weighted by molar-refractivity contribution is -0.148. The first-order valence-electron chi connectivity index (χ1n) is 9.31. The van der Waals surface area contributed by atoms with Crippen LogP contribution in [-0.2, 0) is 9.53 Å². The van der Waals surface area contributed by atoms with Crippen LogP contribution in [0.25, 0.3) is 5.69 Å². The van der Waals surface area contributed by atoms with Crippen molar-refractivity contribution in [1.29, 1.82) is 0 Å².